The first-order chi connectivity index (χ1) is 6.86. The van der Waals surface area contributed by atoms with Crippen LogP contribution in [0.3, 0.4) is 0 Å². The molecule has 0 bridgehead atoms. The topological polar surface area (TPSA) is 81.9 Å². The van der Waals surface area contributed by atoms with Crippen molar-refractivity contribution in [2.75, 3.05) is 6.54 Å². The zero-order chi connectivity index (χ0) is 10.2. The van der Waals surface area contributed by atoms with Crippen LogP contribution in [0.5, 0.6) is 0 Å². The zero-order valence-electron chi connectivity index (χ0n) is 7.38. The molecule has 1 heterocycles. The largest absolute Gasteiger partial charge is 0.390 e. The minimum atomic E-state index is -0.0770. The van der Waals surface area contributed by atoms with Crippen LogP contribution in [-0.4, -0.2) is 16.6 Å². The number of aromatic nitrogens is 1. The molecule has 0 amide bonds. The average molecular weight is 188 g/mol. The van der Waals surface area contributed by atoms with Crippen molar-refractivity contribution in [1.29, 1.82) is 0 Å². The Morgan fingerprint density at radius 1 is 1.57 bits per heavy atom. The van der Waals surface area contributed by atoms with Gasteiger partial charge in [0.05, 0.1) is 18.8 Å². The van der Waals surface area contributed by atoms with E-state index in [-0.39, 0.29) is 13.2 Å². The van der Waals surface area contributed by atoms with E-state index in [0.717, 1.165) is 5.56 Å². The predicted molar refractivity (Wildman–Crippen MR) is 51.1 cm³/mol. The molecule has 0 aliphatic carbocycles. The minimum absolute atomic E-state index is 0.0770. The molecule has 0 saturated carbocycles. The van der Waals surface area contributed by atoms with Gasteiger partial charge < -0.3 is 5.11 Å². The molecule has 1 aromatic rings. The molecule has 0 saturated heterocycles. The second kappa shape index (κ2) is 5.60. The Bertz CT molecular complexity index is 395. The molecular formula is C9H8N4O. The number of nitrogens with zero attached hydrogens (tertiary/aromatic N) is 4. The van der Waals surface area contributed by atoms with Crippen LogP contribution in [0.1, 0.15) is 11.3 Å². The Morgan fingerprint density at radius 3 is 3.00 bits per heavy atom. The van der Waals surface area contributed by atoms with E-state index >= 15 is 0 Å². The molecule has 1 N–H and O–H groups in total. The van der Waals surface area contributed by atoms with E-state index < -0.39 is 0 Å². The van der Waals surface area contributed by atoms with E-state index in [9.17, 15) is 0 Å². The van der Waals surface area contributed by atoms with Gasteiger partial charge in [-0.05, 0) is 17.7 Å². The van der Waals surface area contributed by atoms with Gasteiger partial charge in [-0.2, -0.15) is 0 Å². The van der Waals surface area contributed by atoms with Crippen molar-refractivity contribution in [2.45, 2.75) is 6.61 Å². The Balaban J connectivity index is 2.66. The Hall–Kier alpha value is -2.02. The summed E-state index contributed by atoms with van der Waals surface area (Å²) in [6, 6.07) is 3.44. The number of aliphatic hydroxyl groups excluding tert-OH is 1. The van der Waals surface area contributed by atoms with Gasteiger partial charge in [0.2, 0.25) is 0 Å². The van der Waals surface area contributed by atoms with Crippen LogP contribution in [0, 0.1) is 11.8 Å². The lowest BCUT2D eigenvalue weighted by Gasteiger charge is -1.93. The van der Waals surface area contributed by atoms with Crippen molar-refractivity contribution in [3.05, 3.63) is 40.0 Å². The van der Waals surface area contributed by atoms with Crippen molar-refractivity contribution in [3.63, 3.8) is 0 Å². The number of hydrogen-bond donors (Lipinski definition) is 1. The van der Waals surface area contributed by atoms with Gasteiger partial charge in [-0.1, -0.05) is 17.0 Å². The highest BCUT2D eigenvalue weighted by Gasteiger charge is 1.90. The van der Waals surface area contributed by atoms with Gasteiger partial charge in [-0.3, -0.25) is 4.98 Å². The fraction of sp³-hybridized carbons (Fsp3) is 0.222. The summed E-state index contributed by atoms with van der Waals surface area (Å²) in [4.78, 5) is 6.51. The molecule has 0 atom stereocenters. The minimum Gasteiger partial charge on any atom is -0.390 e. The molecule has 0 spiro atoms. The third-order valence-corrected chi connectivity index (χ3v) is 1.43. The summed E-state index contributed by atoms with van der Waals surface area (Å²) in [7, 11) is 0. The number of aliphatic hydroxyl groups is 1. The molecule has 0 aromatic carbocycles. The predicted octanol–water partition coefficient (Wildman–Crippen LogP) is 1.24. The van der Waals surface area contributed by atoms with Gasteiger partial charge in [-0.15, -0.1) is 0 Å². The fourth-order valence-corrected chi connectivity index (χ4v) is 0.801. The summed E-state index contributed by atoms with van der Waals surface area (Å²) in [6.45, 7) is 0.0741. The van der Waals surface area contributed by atoms with Gasteiger partial charge in [-0.25, -0.2) is 0 Å². The monoisotopic (exact) mass is 188 g/mol. The third-order valence-electron chi connectivity index (χ3n) is 1.43. The summed E-state index contributed by atoms with van der Waals surface area (Å²) in [5, 5.41) is 12.0. The van der Waals surface area contributed by atoms with E-state index in [2.05, 4.69) is 26.9 Å². The van der Waals surface area contributed by atoms with Crippen LogP contribution < -0.4 is 0 Å². The summed E-state index contributed by atoms with van der Waals surface area (Å²) in [5.74, 6) is 5.44. The molecule has 0 radical (unpaired) electrons. The van der Waals surface area contributed by atoms with Gasteiger partial charge in [0.15, 0.2) is 0 Å². The molecule has 14 heavy (non-hydrogen) atoms. The lowest BCUT2D eigenvalue weighted by molar-refractivity contribution is 0.277. The van der Waals surface area contributed by atoms with Crippen molar-refractivity contribution in [3.8, 4) is 11.8 Å². The number of hydrogen-bond acceptors (Lipinski definition) is 3. The lowest BCUT2D eigenvalue weighted by atomic mass is 10.2. The fourth-order valence-electron chi connectivity index (χ4n) is 0.801. The van der Waals surface area contributed by atoms with Crippen molar-refractivity contribution >= 4 is 0 Å². The highest BCUT2D eigenvalue weighted by molar-refractivity contribution is 5.32. The second-order valence-electron chi connectivity index (χ2n) is 2.39. The molecule has 1 aromatic heterocycles. The standard InChI is InChI=1S/C9H8N4O/c10-13-12-5-1-2-8-3-4-9(7-14)11-6-8/h3-4,6,14H,5,7H2. The number of pyridine rings is 1. The SMILES string of the molecule is [N-]=[N+]=NCC#Cc1ccc(CO)nc1. The average Bonchev–Trinajstić information content (AvgIpc) is 2.25. The van der Waals surface area contributed by atoms with Gasteiger partial charge >= 0.3 is 0 Å². The van der Waals surface area contributed by atoms with Gasteiger partial charge in [0, 0.05) is 16.7 Å². The maximum Gasteiger partial charge on any atom is 0.0880 e. The molecule has 0 aliphatic rings. The normalized spacial score (nSPS) is 8.36. The van der Waals surface area contributed by atoms with E-state index in [0.29, 0.717) is 5.69 Å². The molecule has 70 valence electrons. The van der Waals surface area contributed by atoms with Crippen LogP contribution in [0.25, 0.3) is 10.4 Å². The Labute approximate surface area is 81.0 Å². The van der Waals surface area contributed by atoms with Crippen LogP contribution in [0.4, 0.5) is 0 Å². The summed E-state index contributed by atoms with van der Waals surface area (Å²) in [5.41, 5.74) is 9.32. The Morgan fingerprint density at radius 2 is 2.43 bits per heavy atom. The summed E-state index contributed by atoms with van der Waals surface area (Å²) < 4.78 is 0. The molecule has 0 aliphatic heterocycles. The third kappa shape index (κ3) is 3.15. The molecule has 1 rings (SSSR count). The van der Waals surface area contributed by atoms with Crippen LogP contribution in [-0.2, 0) is 6.61 Å². The van der Waals surface area contributed by atoms with Crippen LogP contribution in [0.2, 0.25) is 0 Å². The smallest absolute Gasteiger partial charge is 0.0880 e. The summed E-state index contributed by atoms with van der Waals surface area (Å²) >= 11 is 0. The van der Waals surface area contributed by atoms with Crippen LogP contribution >= 0.6 is 0 Å². The maximum atomic E-state index is 8.72. The van der Waals surface area contributed by atoms with Crippen molar-refractivity contribution in [2.24, 2.45) is 5.11 Å². The summed E-state index contributed by atoms with van der Waals surface area (Å²) in [6.07, 6.45) is 1.56. The molecule has 0 fully saturated rings. The van der Waals surface area contributed by atoms with E-state index in [1.165, 1.54) is 0 Å². The first-order valence-corrected chi connectivity index (χ1v) is 3.92. The molecular weight excluding hydrogens is 180 g/mol. The molecule has 0 unspecified atom stereocenters. The van der Waals surface area contributed by atoms with E-state index in [1.54, 1.807) is 18.3 Å². The first kappa shape index (κ1) is 10.1. The quantitative estimate of drug-likeness (QED) is 0.328. The zero-order valence-corrected chi connectivity index (χ0v) is 7.38. The Kier molecular flexibility index (Phi) is 4.02. The van der Waals surface area contributed by atoms with Crippen molar-refractivity contribution < 1.29 is 5.11 Å². The molecule has 5 heteroatoms. The number of rotatable bonds is 2. The maximum absolute atomic E-state index is 8.72. The van der Waals surface area contributed by atoms with Crippen molar-refractivity contribution in [1.82, 2.24) is 4.98 Å². The molecule has 5 nitrogen and oxygen atoms in total. The van der Waals surface area contributed by atoms with E-state index in [4.69, 9.17) is 10.6 Å². The first-order valence-electron chi connectivity index (χ1n) is 3.92. The van der Waals surface area contributed by atoms with Crippen LogP contribution in [0.15, 0.2) is 23.4 Å². The van der Waals surface area contributed by atoms with Gasteiger partial charge in [0.25, 0.3) is 0 Å². The highest BCUT2D eigenvalue weighted by Crippen LogP contribution is 1.97. The van der Waals surface area contributed by atoms with Gasteiger partial charge in [0.1, 0.15) is 0 Å². The highest BCUT2D eigenvalue weighted by atomic mass is 16.3. The van der Waals surface area contributed by atoms with E-state index in [1.807, 2.05) is 0 Å². The number of azide groups is 1. The second-order valence-corrected chi connectivity index (χ2v) is 2.39. The lowest BCUT2D eigenvalue weighted by Crippen LogP contribution is -1.88.